The monoisotopic (exact) mass is 525 g/mol. The van der Waals surface area contributed by atoms with Crippen LogP contribution in [0.2, 0.25) is 0 Å². The van der Waals surface area contributed by atoms with Crippen LogP contribution in [0.1, 0.15) is 0 Å². The summed E-state index contributed by atoms with van der Waals surface area (Å²) in [5, 5.41) is 2.25. The second kappa shape index (κ2) is 9.54. The molecular formula is C37H23N3O. The van der Waals surface area contributed by atoms with Gasteiger partial charge in [-0.15, -0.1) is 0 Å². The zero-order chi connectivity index (χ0) is 27.2. The standard InChI is InChI=1S/C37H23N3O/c1-2-10-25(11-3-1)35-36(39-32-17-5-4-16-31(32)38-35)26-22-20-24(21-23-26)27-12-8-14-29-28(27)13-9-15-30(29)37-40-33-18-6-7-19-34(33)41-37/h1-23H. The van der Waals surface area contributed by atoms with Crippen molar-refractivity contribution in [2.75, 3.05) is 0 Å². The number of oxazole rings is 1. The lowest BCUT2D eigenvalue weighted by Crippen LogP contribution is -1.95. The average molecular weight is 526 g/mol. The van der Waals surface area contributed by atoms with Gasteiger partial charge in [0.1, 0.15) is 5.52 Å². The molecule has 0 fully saturated rings. The molecule has 0 atom stereocenters. The summed E-state index contributed by atoms with van der Waals surface area (Å²) in [7, 11) is 0. The summed E-state index contributed by atoms with van der Waals surface area (Å²) in [6.45, 7) is 0. The smallest absolute Gasteiger partial charge is 0.227 e. The Morgan fingerprint density at radius 2 is 0.902 bits per heavy atom. The highest BCUT2D eigenvalue weighted by Gasteiger charge is 2.15. The number of rotatable bonds is 4. The Kier molecular flexibility index (Phi) is 5.42. The third kappa shape index (κ3) is 4.05. The summed E-state index contributed by atoms with van der Waals surface area (Å²) in [4.78, 5) is 14.8. The highest BCUT2D eigenvalue weighted by molar-refractivity contribution is 6.04. The predicted octanol–water partition coefficient (Wildman–Crippen LogP) is 9.59. The first kappa shape index (κ1) is 23.3. The minimum absolute atomic E-state index is 0.632. The van der Waals surface area contributed by atoms with E-state index >= 15 is 0 Å². The van der Waals surface area contributed by atoms with Crippen molar-refractivity contribution in [3.63, 3.8) is 0 Å². The molecule has 0 unspecified atom stereocenters. The third-order valence-corrected chi connectivity index (χ3v) is 7.53. The lowest BCUT2D eigenvalue weighted by atomic mass is 9.94. The van der Waals surface area contributed by atoms with Gasteiger partial charge in [-0.25, -0.2) is 15.0 Å². The van der Waals surface area contributed by atoms with E-state index in [1.807, 2.05) is 66.7 Å². The molecule has 8 aromatic rings. The Morgan fingerprint density at radius 3 is 1.59 bits per heavy atom. The van der Waals surface area contributed by atoms with Gasteiger partial charge in [-0.1, -0.05) is 109 Å². The molecule has 41 heavy (non-hydrogen) atoms. The largest absolute Gasteiger partial charge is 0.436 e. The van der Waals surface area contributed by atoms with Gasteiger partial charge in [-0.3, -0.25) is 0 Å². The molecular weight excluding hydrogens is 502 g/mol. The maximum absolute atomic E-state index is 6.13. The highest BCUT2D eigenvalue weighted by atomic mass is 16.3. The number of aromatic nitrogens is 3. The van der Waals surface area contributed by atoms with Crippen molar-refractivity contribution in [3.8, 4) is 45.1 Å². The Balaban J connectivity index is 1.24. The van der Waals surface area contributed by atoms with E-state index in [2.05, 4.69) is 72.8 Å². The van der Waals surface area contributed by atoms with Crippen LogP contribution in [0.5, 0.6) is 0 Å². The normalized spacial score (nSPS) is 11.4. The van der Waals surface area contributed by atoms with Crippen LogP contribution in [0, 0.1) is 0 Å². The van der Waals surface area contributed by atoms with Gasteiger partial charge < -0.3 is 4.42 Å². The number of para-hydroxylation sites is 4. The van der Waals surface area contributed by atoms with Crippen molar-refractivity contribution in [1.29, 1.82) is 0 Å². The van der Waals surface area contributed by atoms with Gasteiger partial charge in [0.05, 0.1) is 22.4 Å². The molecule has 0 N–H and O–H groups in total. The summed E-state index contributed by atoms with van der Waals surface area (Å²) in [5.74, 6) is 0.632. The topological polar surface area (TPSA) is 51.8 Å². The van der Waals surface area contributed by atoms with Gasteiger partial charge in [0.25, 0.3) is 0 Å². The number of benzene rings is 6. The molecule has 0 radical (unpaired) electrons. The van der Waals surface area contributed by atoms with Gasteiger partial charge in [-0.2, -0.15) is 0 Å². The quantitative estimate of drug-likeness (QED) is 0.230. The van der Waals surface area contributed by atoms with Gasteiger partial charge in [0.15, 0.2) is 5.58 Å². The molecule has 4 heteroatoms. The predicted molar refractivity (Wildman–Crippen MR) is 166 cm³/mol. The van der Waals surface area contributed by atoms with E-state index in [1.54, 1.807) is 0 Å². The molecule has 2 heterocycles. The van der Waals surface area contributed by atoms with Crippen LogP contribution in [-0.4, -0.2) is 15.0 Å². The van der Waals surface area contributed by atoms with Crippen LogP contribution >= 0.6 is 0 Å². The van der Waals surface area contributed by atoms with E-state index in [-0.39, 0.29) is 0 Å². The molecule has 0 saturated carbocycles. The van der Waals surface area contributed by atoms with E-state index < -0.39 is 0 Å². The Bertz CT molecular complexity index is 2170. The van der Waals surface area contributed by atoms with E-state index in [0.717, 1.165) is 72.1 Å². The van der Waals surface area contributed by atoms with E-state index in [4.69, 9.17) is 19.4 Å². The van der Waals surface area contributed by atoms with Crippen LogP contribution in [0.15, 0.2) is 144 Å². The first-order chi connectivity index (χ1) is 20.3. The molecule has 6 aromatic carbocycles. The molecule has 8 rings (SSSR count). The van der Waals surface area contributed by atoms with E-state index in [1.165, 1.54) is 0 Å². The fourth-order valence-electron chi connectivity index (χ4n) is 5.54. The van der Waals surface area contributed by atoms with Crippen molar-refractivity contribution in [1.82, 2.24) is 15.0 Å². The average Bonchev–Trinajstić information content (AvgIpc) is 3.48. The van der Waals surface area contributed by atoms with Crippen molar-refractivity contribution in [2.24, 2.45) is 0 Å². The second-order valence-corrected chi connectivity index (χ2v) is 10.0. The summed E-state index contributed by atoms with van der Waals surface area (Å²) in [6, 6.07) is 47.5. The van der Waals surface area contributed by atoms with Crippen molar-refractivity contribution in [3.05, 3.63) is 140 Å². The molecule has 0 aliphatic carbocycles. The Labute approximate surface area is 236 Å². The van der Waals surface area contributed by atoms with Gasteiger partial charge in [0, 0.05) is 16.7 Å². The molecule has 0 bridgehead atoms. The fourth-order valence-corrected chi connectivity index (χ4v) is 5.54. The lowest BCUT2D eigenvalue weighted by Gasteiger charge is -2.12. The van der Waals surface area contributed by atoms with E-state index in [0.29, 0.717) is 5.89 Å². The molecule has 192 valence electrons. The maximum atomic E-state index is 6.13. The van der Waals surface area contributed by atoms with Crippen molar-refractivity contribution < 1.29 is 4.42 Å². The molecule has 0 amide bonds. The highest BCUT2D eigenvalue weighted by Crippen LogP contribution is 2.37. The zero-order valence-corrected chi connectivity index (χ0v) is 22.0. The molecule has 0 aliphatic rings. The zero-order valence-electron chi connectivity index (χ0n) is 22.0. The minimum atomic E-state index is 0.632. The van der Waals surface area contributed by atoms with E-state index in [9.17, 15) is 0 Å². The van der Waals surface area contributed by atoms with Crippen molar-refractivity contribution >= 4 is 32.9 Å². The summed E-state index contributed by atoms with van der Waals surface area (Å²) in [6.07, 6.45) is 0. The first-order valence-corrected chi connectivity index (χ1v) is 13.6. The van der Waals surface area contributed by atoms with Crippen LogP contribution in [0.4, 0.5) is 0 Å². The third-order valence-electron chi connectivity index (χ3n) is 7.53. The van der Waals surface area contributed by atoms with Crippen LogP contribution in [-0.2, 0) is 0 Å². The van der Waals surface area contributed by atoms with Crippen LogP contribution in [0.3, 0.4) is 0 Å². The number of hydrogen-bond acceptors (Lipinski definition) is 4. The van der Waals surface area contributed by atoms with Crippen molar-refractivity contribution in [2.45, 2.75) is 0 Å². The summed E-state index contributed by atoms with van der Waals surface area (Å²) >= 11 is 0. The number of nitrogens with zero attached hydrogens (tertiary/aromatic N) is 3. The van der Waals surface area contributed by atoms with Crippen LogP contribution < -0.4 is 0 Å². The Morgan fingerprint density at radius 1 is 0.366 bits per heavy atom. The molecule has 2 aromatic heterocycles. The van der Waals surface area contributed by atoms with Crippen LogP contribution in [0.25, 0.3) is 78.0 Å². The fraction of sp³-hybridized carbons (Fsp3) is 0. The molecule has 0 aliphatic heterocycles. The molecule has 0 saturated heterocycles. The summed E-state index contributed by atoms with van der Waals surface area (Å²) in [5.41, 5.74) is 10.5. The van der Waals surface area contributed by atoms with Gasteiger partial charge >= 0.3 is 0 Å². The second-order valence-electron chi connectivity index (χ2n) is 10.0. The first-order valence-electron chi connectivity index (χ1n) is 13.6. The minimum Gasteiger partial charge on any atom is -0.436 e. The molecule has 0 spiro atoms. The SMILES string of the molecule is c1ccc(-c2nc3ccccc3nc2-c2ccc(-c3cccc4c(-c5nc6ccccc6o5)cccc34)cc2)cc1. The van der Waals surface area contributed by atoms with Gasteiger partial charge in [-0.05, 0) is 52.2 Å². The Hall–Kier alpha value is -5.61. The molecule has 4 nitrogen and oxygen atoms in total. The number of fused-ring (bicyclic) bond motifs is 3. The van der Waals surface area contributed by atoms with Gasteiger partial charge in [0.2, 0.25) is 5.89 Å². The summed E-state index contributed by atoms with van der Waals surface area (Å²) < 4.78 is 6.13. The lowest BCUT2D eigenvalue weighted by molar-refractivity contribution is 0.620. The maximum Gasteiger partial charge on any atom is 0.227 e. The number of hydrogen-bond donors (Lipinski definition) is 0.